The second kappa shape index (κ2) is 5.01. The van der Waals surface area contributed by atoms with Crippen LogP contribution in [0.4, 0.5) is 0 Å². The van der Waals surface area contributed by atoms with Crippen molar-refractivity contribution in [2.75, 3.05) is 0 Å². The molecule has 0 saturated carbocycles. The molecule has 0 amide bonds. The van der Waals surface area contributed by atoms with Crippen molar-refractivity contribution in [3.63, 3.8) is 0 Å². The molecule has 0 spiro atoms. The Bertz CT molecular complexity index is 520. The fourth-order valence-corrected chi connectivity index (χ4v) is 2.27. The van der Waals surface area contributed by atoms with Crippen LogP contribution in [0.5, 0.6) is 0 Å². The minimum Gasteiger partial charge on any atom is -0.293 e. The van der Waals surface area contributed by atoms with Crippen molar-refractivity contribution in [3.8, 4) is 0 Å². The van der Waals surface area contributed by atoms with Gasteiger partial charge in [-0.25, -0.2) is 0 Å². The molecule has 17 heavy (non-hydrogen) atoms. The number of hydrogen-bond donors (Lipinski definition) is 0. The van der Waals surface area contributed by atoms with Gasteiger partial charge in [-0.2, -0.15) is 0 Å². The smallest absolute Gasteiger partial charge is 0.183 e. The standard InChI is InChI=1S/C13H11NO2S/c1-9(13(16)11-3-2-8-17-11)12(15)10-4-6-14-7-5-10/h2-9H,1H3. The van der Waals surface area contributed by atoms with Gasteiger partial charge in [0.05, 0.1) is 10.8 Å². The van der Waals surface area contributed by atoms with Gasteiger partial charge >= 0.3 is 0 Å². The van der Waals surface area contributed by atoms with Gasteiger partial charge < -0.3 is 0 Å². The third-order valence-corrected chi connectivity index (χ3v) is 3.40. The van der Waals surface area contributed by atoms with Gasteiger partial charge in [0.1, 0.15) is 0 Å². The zero-order chi connectivity index (χ0) is 12.3. The number of hydrogen-bond acceptors (Lipinski definition) is 4. The topological polar surface area (TPSA) is 47.0 Å². The number of nitrogens with zero attached hydrogens (tertiary/aromatic N) is 1. The minimum atomic E-state index is -0.643. The SMILES string of the molecule is CC(C(=O)c1ccncc1)C(=O)c1cccs1. The monoisotopic (exact) mass is 245 g/mol. The summed E-state index contributed by atoms with van der Waals surface area (Å²) in [6.07, 6.45) is 3.10. The second-order valence-corrected chi connectivity index (χ2v) is 4.61. The van der Waals surface area contributed by atoms with Gasteiger partial charge in [-0.05, 0) is 30.5 Å². The Kier molecular flexibility index (Phi) is 3.44. The summed E-state index contributed by atoms with van der Waals surface area (Å²) >= 11 is 1.36. The number of Topliss-reactive ketones (excluding diaryl/α,β-unsaturated/α-hetero) is 2. The molecule has 0 aromatic carbocycles. The lowest BCUT2D eigenvalue weighted by Gasteiger charge is -2.07. The summed E-state index contributed by atoms with van der Waals surface area (Å²) in [5.41, 5.74) is 0.525. The molecule has 2 aromatic heterocycles. The minimum absolute atomic E-state index is 0.123. The third kappa shape index (κ3) is 2.47. The third-order valence-electron chi connectivity index (χ3n) is 2.52. The van der Waals surface area contributed by atoms with E-state index in [9.17, 15) is 9.59 Å². The largest absolute Gasteiger partial charge is 0.293 e. The Labute approximate surface area is 103 Å². The average molecular weight is 245 g/mol. The fraction of sp³-hybridized carbons (Fsp3) is 0.154. The predicted octanol–water partition coefficient (Wildman–Crippen LogP) is 2.84. The van der Waals surface area contributed by atoms with E-state index in [4.69, 9.17) is 0 Å². The second-order valence-electron chi connectivity index (χ2n) is 3.66. The molecule has 86 valence electrons. The zero-order valence-corrected chi connectivity index (χ0v) is 10.1. The fourth-order valence-electron chi connectivity index (χ4n) is 1.52. The summed E-state index contributed by atoms with van der Waals surface area (Å²) < 4.78 is 0. The Morgan fingerprint density at radius 1 is 1.18 bits per heavy atom. The zero-order valence-electron chi connectivity index (χ0n) is 9.29. The van der Waals surface area contributed by atoms with Gasteiger partial charge in [-0.3, -0.25) is 14.6 Å². The van der Waals surface area contributed by atoms with Crippen molar-refractivity contribution in [3.05, 3.63) is 52.5 Å². The summed E-state index contributed by atoms with van der Waals surface area (Å²) in [5, 5.41) is 1.83. The van der Waals surface area contributed by atoms with E-state index in [1.165, 1.54) is 11.3 Å². The highest BCUT2D eigenvalue weighted by Gasteiger charge is 2.24. The highest BCUT2D eigenvalue weighted by atomic mass is 32.1. The molecule has 2 heterocycles. The van der Waals surface area contributed by atoms with Crippen LogP contribution in [0.1, 0.15) is 27.0 Å². The molecule has 2 aromatic rings. The summed E-state index contributed by atoms with van der Waals surface area (Å²) in [4.78, 5) is 28.5. The quantitative estimate of drug-likeness (QED) is 0.614. The van der Waals surface area contributed by atoms with Crippen LogP contribution in [0.3, 0.4) is 0 Å². The maximum absolute atomic E-state index is 12.0. The van der Waals surface area contributed by atoms with E-state index in [-0.39, 0.29) is 11.6 Å². The number of carbonyl (C=O) groups is 2. The summed E-state index contributed by atoms with van der Waals surface area (Å²) in [6.45, 7) is 1.64. The van der Waals surface area contributed by atoms with Gasteiger partial charge in [-0.15, -0.1) is 11.3 Å². The number of aromatic nitrogens is 1. The highest BCUT2D eigenvalue weighted by molar-refractivity contribution is 7.12. The molecule has 0 bridgehead atoms. The van der Waals surface area contributed by atoms with Crippen LogP contribution in [0.25, 0.3) is 0 Å². The lowest BCUT2D eigenvalue weighted by Crippen LogP contribution is -2.20. The van der Waals surface area contributed by atoms with E-state index in [0.29, 0.717) is 10.4 Å². The van der Waals surface area contributed by atoms with Crippen LogP contribution in [0.15, 0.2) is 42.0 Å². The number of carbonyl (C=O) groups excluding carboxylic acids is 2. The van der Waals surface area contributed by atoms with Crippen molar-refractivity contribution in [1.82, 2.24) is 4.98 Å². The molecule has 0 saturated heterocycles. The molecule has 0 fully saturated rings. The van der Waals surface area contributed by atoms with Crippen LogP contribution >= 0.6 is 11.3 Å². The first-order valence-electron chi connectivity index (χ1n) is 5.22. The van der Waals surface area contributed by atoms with E-state index in [2.05, 4.69) is 4.98 Å². The normalized spacial score (nSPS) is 12.1. The van der Waals surface area contributed by atoms with E-state index < -0.39 is 5.92 Å². The first kappa shape index (κ1) is 11.7. The molecule has 2 rings (SSSR count). The molecule has 0 radical (unpaired) electrons. The average Bonchev–Trinajstić information content (AvgIpc) is 2.91. The molecule has 4 heteroatoms. The molecule has 1 unspecified atom stereocenters. The van der Waals surface area contributed by atoms with Crippen molar-refractivity contribution in [1.29, 1.82) is 0 Å². The first-order chi connectivity index (χ1) is 8.20. The molecular formula is C13H11NO2S. The summed E-state index contributed by atoms with van der Waals surface area (Å²) in [6, 6.07) is 6.80. The van der Waals surface area contributed by atoms with Crippen molar-refractivity contribution in [2.45, 2.75) is 6.92 Å². The van der Waals surface area contributed by atoms with Gasteiger partial charge in [0.15, 0.2) is 11.6 Å². The molecule has 3 nitrogen and oxygen atoms in total. The Morgan fingerprint density at radius 3 is 2.47 bits per heavy atom. The molecular weight excluding hydrogens is 234 g/mol. The maximum Gasteiger partial charge on any atom is 0.183 e. The lowest BCUT2D eigenvalue weighted by molar-refractivity contribution is 0.0823. The maximum atomic E-state index is 12.0. The van der Waals surface area contributed by atoms with E-state index in [1.54, 1.807) is 37.5 Å². The van der Waals surface area contributed by atoms with E-state index in [0.717, 1.165) is 0 Å². The van der Waals surface area contributed by atoms with Crippen LogP contribution < -0.4 is 0 Å². The predicted molar refractivity (Wildman–Crippen MR) is 66.4 cm³/mol. The van der Waals surface area contributed by atoms with E-state index in [1.807, 2.05) is 11.4 Å². The number of rotatable bonds is 4. The number of ketones is 2. The van der Waals surface area contributed by atoms with Gasteiger partial charge in [0, 0.05) is 18.0 Å². The molecule has 0 aliphatic carbocycles. The molecule has 0 aliphatic rings. The van der Waals surface area contributed by atoms with Crippen molar-refractivity contribution < 1.29 is 9.59 Å². The van der Waals surface area contributed by atoms with Crippen LogP contribution in [-0.4, -0.2) is 16.6 Å². The van der Waals surface area contributed by atoms with E-state index >= 15 is 0 Å². The highest BCUT2D eigenvalue weighted by Crippen LogP contribution is 2.17. The van der Waals surface area contributed by atoms with Crippen molar-refractivity contribution in [2.24, 2.45) is 5.92 Å². The van der Waals surface area contributed by atoms with Crippen molar-refractivity contribution >= 4 is 22.9 Å². The van der Waals surface area contributed by atoms with Crippen LogP contribution in [0, 0.1) is 5.92 Å². The van der Waals surface area contributed by atoms with Crippen LogP contribution in [-0.2, 0) is 0 Å². The van der Waals surface area contributed by atoms with Gasteiger partial charge in [0.2, 0.25) is 0 Å². The Hall–Kier alpha value is -1.81. The number of thiophene rings is 1. The van der Waals surface area contributed by atoms with Gasteiger partial charge in [-0.1, -0.05) is 6.07 Å². The molecule has 1 atom stereocenters. The summed E-state index contributed by atoms with van der Waals surface area (Å²) in [5.74, 6) is -0.927. The van der Waals surface area contributed by atoms with Crippen LogP contribution in [0.2, 0.25) is 0 Å². The number of pyridine rings is 1. The molecule has 0 N–H and O–H groups in total. The van der Waals surface area contributed by atoms with Gasteiger partial charge in [0.25, 0.3) is 0 Å². The Morgan fingerprint density at radius 2 is 1.88 bits per heavy atom. The first-order valence-corrected chi connectivity index (χ1v) is 6.10. The summed E-state index contributed by atoms with van der Waals surface area (Å²) in [7, 11) is 0. The lowest BCUT2D eigenvalue weighted by atomic mass is 9.95. The Balaban J connectivity index is 2.19. The molecule has 0 aliphatic heterocycles.